The fraction of sp³-hybridized carbons (Fsp3) is 0.417. The highest BCUT2D eigenvalue weighted by atomic mass is 35.5. The minimum atomic E-state index is -1.03. The molecular weight excluding hydrogens is 275 g/mol. The number of hydrogen-bond acceptors (Lipinski definition) is 3. The molecule has 2 N–H and O–H groups in total. The van der Waals surface area contributed by atoms with E-state index >= 15 is 0 Å². The average molecular weight is 289 g/mol. The number of nitrogens with one attached hydrogen (secondary N) is 1. The summed E-state index contributed by atoms with van der Waals surface area (Å²) in [5.74, 6) is -2.44. The van der Waals surface area contributed by atoms with Crippen molar-refractivity contribution in [3.63, 3.8) is 0 Å². The molecule has 0 radical (unpaired) electrons. The third kappa shape index (κ3) is 4.48. The van der Waals surface area contributed by atoms with Gasteiger partial charge in [0.25, 0.3) is 5.91 Å². The molecule has 0 saturated carbocycles. The number of nitrogens with zero attached hydrogens (tertiary/aromatic N) is 1. The zero-order chi connectivity index (χ0) is 14.6. The molecule has 5 nitrogen and oxygen atoms in total. The minimum absolute atomic E-state index is 0.0830. The molecule has 0 aliphatic heterocycles. The van der Waals surface area contributed by atoms with Crippen molar-refractivity contribution in [1.29, 1.82) is 0 Å². The van der Waals surface area contributed by atoms with Gasteiger partial charge >= 0.3 is 5.97 Å². The molecule has 19 heavy (non-hydrogen) atoms. The monoisotopic (exact) mass is 288 g/mol. The molecule has 7 heteroatoms. The minimum Gasteiger partial charge on any atom is -0.481 e. The van der Waals surface area contributed by atoms with Crippen molar-refractivity contribution in [2.24, 2.45) is 5.92 Å². The molecule has 1 heterocycles. The predicted molar refractivity (Wildman–Crippen MR) is 67.6 cm³/mol. The number of aliphatic carboxylic acids is 1. The quantitative estimate of drug-likeness (QED) is 0.813. The molecule has 0 spiro atoms. The maximum absolute atomic E-state index is 13.0. The summed E-state index contributed by atoms with van der Waals surface area (Å²) in [6.45, 7) is 3.55. The van der Waals surface area contributed by atoms with Crippen LogP contribution in [-0.2, 0) is 4.79 Å². The van der Waals surface area contributed by atoms with E-state index < -0.39 is 23.7 Å². The van der Waals surface area contributed by atoms with Gasteiger partial charge in [0.1, 0.15) is 11.0 Å². The highest BCUT2D eigenvalue weighted by Gasteiger charge is 2.22. The third-order valence-corrected chi connectivity index (χ3v) is 2.87. The van der Waals surface area contributed by atoms with Crippen molar-refractivity contribution >= 4 is 23.5 Å². The van der Waals surface area contributed by atoms with Gasteiger partial charge in [-0.05, 0) is 12.0 Å². The van der Waals surface area contributed by atoms with Crippen LogP contribution in [-0.4, -0.2) is 28.0 Å². The molecule has 0 aliphatic rings. The van der Waals surface area contributed by atoms with Gasteiger partial charge in [-0.3, -0.25) is 9.59 Å². The predicted octanol–water partition coefficient (Wildman–Crippen LogP) is 2.10. The zero-order valence-electron chi connectivity index (χ0n) is 10.5. The standard InChI is InChI=1S/C12H14ClFN2O3/c1-6(2)9(4-10(17)18)16-12(19)8-3-7(14)5-15-11(8)13/h3,5-6,9H,4H2,1-2H3,(H,16,19)(H,17,18). The van der Waals surface area contributed by atoms with Crippen LogP contribution in [0.5, 0.6) is 0 Å². The summed E-state index contributed by atoms with van der Waals surface area (Å²) >= 11 is 5.70. The van der Waals surface area contributed by atoms with E-state index in [4.69, 9.17) is 16.7 Å². The van der Waals surface area contributed by atoms with Gasteiger partial charge < -0.3 is 10.4 Å². The number of carboxylic acids is 1. The second-order valence-electron chi connectivity index (χ2n) is 4.41. The Bertz CT molecular complexity index is 494. The SMILES string of the molecule is CC(C)C(CC(=O)O)NC(=O)c1cc(F)cnc1Cl. The van der Waals surface area contributed by atoms with Crippen LogP contribution in [0.2, 0.25) is 5.15 Å². The van der Waals surface area contributed by atoms with Gasteiger partial charge in [0, 0.05) is 6.04 Å². The van der Waals surface area contributed by atoms with E-state index in [1.54, 1.807) is 13.8 Å². The summed E-state index contributed by atoms with van der Waals surface area (Å²) in [5, 5.41) is 11.2. The van der Waals surface area contributed by atoms with Crippen LogP contribution in [0.15, 0.2) is 12.3 Å². The van der Waals surface area contributed by atoms with Crippen LogP contribution in [0.25, 0.3) is 0 Å². The smallest absolute Gasteiger partial charge is 0.305 e. The van der Waals surface area contributed by atoms with Crippen molar-refractivity contribution in [3.05, 3.63) is 28.8 Å². The topological polar surface area (TPSA) is 79.3 Å². The lowest BCUT2D eigenvalue weighted by Gasteiger charge is -2.20. The second kappa shape index (κ2) is 6.47. The number of aromatic nitrogens is 1. The Balaban J connectivity index is 2.87. The van der Waals surface area contributed by atoms with E-state index in [1.165, 1.54) is 0 Å². The van der Waals surface area contributed by atoms with Gasteiger partial charge in [-0.15, -0.1) is 0 Å². The molecule has 104 valence electrons. The number of amides is 1. The van der Waals surface area contributed by atoms with Crippen LogP contribution in [0.3, 0.4) is 0 Å². The van der Waals surface area contributed by atoms with Gasteiger partial charge in [0.05, 0.1) is 18.2 Å². The molecule has 1 atom stereocenters. The molecule has 1 amide bonds. The Morgan fingerprint density at radius 2 is 2.16 bits per heavy atom. The maximum Gasteiger partial charge on any atom is 0.305 e. The lowest BCUT2D eigenvalue weighted by atomic mass is 10.0. The van der Waals surface area contributed by atoms with Crippen molar-refractivity contribution in [2.75, 3.05) is 0 Å². The first kappa shape index (κ1) is 15.4. The van der Waals surface area contributed by atoms with Gasteiger partial charge in [0.2, 0.25) is 0 Å². The summed E-state index contributed by atoms with van der Waals surface area (Å²) in [5.41, 5.74) is -0.113. The first-order valence-corrected chi connectivity index (χ1v) is 6.02. The number of hydrogen-bond donors (Lipinski definition) is 2. The summed E-state index contributed by atoms with van der Waals surface area (Å²) < 4.78 is 13.0. The number of pyridine rings is 1. The molecule has 0 aliphatic carbocycles. The summed E-state index contributed by atoms with van der Waals surface area (Å²) in [7, 11) is 0. The molecule has 1 rings (SSSR count). The van der Waals surface area contributed by atoms with Crippen LogP contribution in [0.1, 0.15) is 30.6 Å². The van der Waals surface area contributed by atoms with Crippen molar-refractivity contribution in [1.82, 2.24) is 10.3 Å². The van der Waals surface area contributed by atoms with Crippen LogP contribution in [0.4, 0.5) is 4.39 Å². The van der Waals surface area contributed by atoms with Gasteiger partial charge in [-0.1, -0.05) is 25.4 Å². The van der Waals surface area contributed by atoms with E-state index in [2.05, 4.69) is 10.3 Å². The normalized spacial score (nSPS) is 12.3. The Kier molecular flexibility index (Phi) is 5.23. The summed E-state index contributed by atoms with van der Waals surface area (Å²) in [4.78, 5) is 26.1. The fourth-order valence-corrected chi connectivity index (χ4v) is 1.66. The van der Waals surface area contributed by atoms with Crippen LogP contribution >= 0.6 is 11.6 Å². The lowest BCUT2D eigenvalue weighted by molar-refractivity contribution is -0.137. The Morgan fingerprint density at radius 3 is 2.68 bits per heavy atom. The molecule has 0 fully saturated rings. The molecule has 1 aromatic rings. The molecule has 0 aromatic carbocycles. The largest absolute Gasteiger partial charge is 0.481 e. The third-order valence-electron chi connectivity index (χ3n) is 2.57. The average Bonchev–Trinajstić information content (AvgIpc) is 2.30. The van der Waals surface area contributed by atoms with Crippen molar-refractivity contribution < 1.29 is 19.1 Å². The van der Waals surface area contributed by atoms with E-state index in [0.29, 0.717) is 0 Å². The molecule has 1 unspecified atom stereocenters. The Hall–Kier alpha value is -1.69. The maximum atomic E-state index is 13.0. The van der Waals surface area contributed by atoms with Crippen molar-refractivity contribution in [3.8, 4) is 0 Å². The summed E-state index contributed by atoms with van der Waals surface area (Å²) in [6.07, 6.45) is 0.681. The number of carbonyl (C=O) groups is 2. The van der Waals surface area contributed by atoms with Crippen LogP contribution < -0.4 is 5.32 Å². The van der Waals surface area contributed by atoms with E-state index in [-0.39, 0.29) is 23.1 Å². The molecular formula is C12H14ClFN2O3. The first-order chi connectivity index (χ1) is 8.81. The highest BCUT2D eigenvalue weighted by Crippen LogP contribution is 2.15. The number of rotatable bonds is 5. The summed E-state index contributed by atoms with van der Waals surface area (Å²) in [6, 6.07) is 0.396. The zero-order valence-corrected chi connectivity index (χ0v) is 11.2. The highest BCUT2D eigenvalue weighted by molar-refractivity contribution is 6.32. The first-order valence-electron chi connectivity index (χ1n) is 5.65. The number of carbonyl (C=O) groups excluding carboxylic acids is 1. The van der Waals surface area contributed by atoms with Crippen molar-refractivity contribution in [2.45, 2.75) is 26.3 Å². The molecule has 1 aromatic heterocycles. The molecule has 0 saturated heterocycles. The Labute approximate surface area is 114 Å². The van der Waals surface area contributed by atoms with E-state index in [1.807, 2.05) is 0 Å². The lowest BCUT2D eigenvalue weighted by Crippen LogP contribution is -2.40. The number of halogens is 2. The number of carboxylic acid groups (broad SMARTS) is 1. The van der Waals surface area contributed by atoms with E-state index in [0.717, 1.165) is 12.3 Å². The van der Waals surface area contributed by atoms with Crippen LogP contribution in [0, 0.1) is 11.7 Å². The second-order valence-corrected chi connectivity index (χ2v) is 4.77. The van der Waals surface area contributed by atoms with Gasteiger partial charge in [-0.25, -0.2) is 9.37 Å². The fourth-order valence-electron chi connectivity index (χ4n) is 1.47. The van der Waals surface area contributed by atoms with Gasteiger partial charge in [-0.2, -0.15) is 0 Å². The molecule has 0 bridgehead atoms. The van der Waals surface area contributed by atoms with E-state index in [9.17, 15) is 14.0 Å². The van der Waals surface area contributed by atoms with Gasteiger partial charge in [0.15, 0.2) is 0 Å². The Morgan fingerprint density at radius 1 is 1.53 bits per heavy atom.